The molecule has 0 saturated carbocycles. The number of halogens is 3. The van der Waals surface area contributed by atoms with Crippen LogP contribution in [0.1, 0.15) is 16.1 Å². The highest BCUT2D eigenvalue weighted by atomic mass is 35.5. The zero-order chi connectivity index (χ0) is 15.7. The Morgan fingerprint density at radius 3 is 2.67 bits per heavy atom. The molecule has 0 aliphatic carbocycles. The van der Waals surface area contributed by atoms with Crippen LogP contribution in [0.2, 0.25) is 10.0 Å². The van der Waals surface area contributed by atoms with Gasteiger partial charge in [-0.05, 0) is 25.1 Å². The van der Waals surface area contributed by atoms with Crippen molar-refractivity contribution in [2.24, 2.45) is 0 Å². The third-order valence-electron chi connectivity index (χ3n) is 2.96. The van der Waals surface area contributed by atoms with Crippen LogP contribution in [-0.4, -0.2) is 18.1 Å². The molecule has 0 saturated heterocycles. The molecule has 0 spiro atoms. The molecule has 0 aliphatic rings. The van der Waals surface area contributed by atoms with E-state index in [-0.39, 0.29) is 33.2 Å². The van der Waals surface area contributed by atoms with Crippen LogP contribution in [0.5, 0.6) is 0 Å². The van der Waals surface area contributed by atoms with Gasteiger partial charge in [0.15, 0.2) is 5.69 Å². The van der Waals surface area contributed by atoms with Gasteiger partial charge in [-0.15, -0.1) is 0 Å². The van der Waals surface area contributed by atoms with Crippen LogP contribution in [0.4, 0.5) is 10.1 Å². The standard InChI is InChI=1S/C14H11Cl2FN2O2/c1-6-8(15)4-3-7(12(6)17)10-5-9(18)11(16)13(19-10)14(20)21-2/h3-5H,1-2H3,(H2,18,19). The van der Waals surface area contributed by atoms with Gasteiger partial charge >= 0.3 is 5.97 Å². The molecule has 0 atom stereocenters. The molecule has 0 unspecified atom stereocenters. The summed E-state index contributed by atoms with van der Waals surface area (Å²) in [7, 11) is 1.19. The molecule has 1 aromatic heterocycles. The molecule has 0 amide bonds. The Morgan fingerprint density at radius 2 is 2.05 bits per heavy atom. The molecular weight excluding hydrogens is 318 g/mol. The van der Waals surface area contributed by atoms with Crippen molar-refractivity contribution in [2.75, 3.05) is 12.8 Å². The minimum atomic E-state index is -0.750. The number of hydrogen-bond acceptors (Lipinski definition) is 4. The smallest absolute Gasteiger partial charge is 0.358 e. The number of hydrogen-bond donors (Lipinski definition) is 1. The van der Waals surface area contributed by atoms with Crippen LogP contribution >= 0.6 is 23.2 Å². The maximum absolute atomic E-state index is 14.3. The molecule has 1 aromatic carbocycles. The van der Waals surface area contributed by atoms with Gasteiger partial charge in [-0.25, -0.2) is 14.2 Å². The van der Waals surface area contributed by atoms with E-state index < -0.39 is 11.8 Å². The Labute approximate surface area is 130 Å². The van der Waals surface area contributed by atoms with Crippen LogP contribution in [0.15, 0.2) is 18.2 Å². The Morgan fingerprint density at radius 1 is 1.38 bits per heavy atom. The molecule has 2 N–H and O–H groups in total. The zero-order valence-electron chi connectivity index (χ0n) is 11.2. The number of benzene rings is 1. The predicted molar refractivity (Wildman–Crippen MR) is 80.1 cm³/mol. The second-order valence-electron chi connectivity index (χ2n) is 4.28. The Hall–Kier alpha value is -1.85. The lowest BCUT2D eigenvalue weighted by Gasteiger charge is -2.10. The van der Waals surface area contributed by atoms with Gasteiger partial charge < -0.3 is 10.5 Å². The number of methoxy groups -OCH3 is 1. The van der Waals surface area contributed by atoms with Crippen molar-refractivity contribution >= 4 is 34.9 Å². The third kappa shape index (κ3) is 2.80. The summed E-state index contributed by atoms with van der Waals surface area (Å²) >= 11 is 11.8. The molecule has 0 fully saturated rings. The van der Waals surface area contributed by atoms with E-state index >= 15 is 0 Å². The van der Waals surface area contributed by atoms with Crippen molar-refractivity contribution in [1.82, 2.24) is 4.98 Å². The number of rotatable bonds is 2. The lowest BCUT2D eigenvalue weighted by molar-refractivity contribution is 0.0594. The maximum Gasteiger partial charge on any atom is 0.358 e. The first-order valence-corrected chi connectivity index (χ1v) is 6.61. The lowest BCUT2D eigenvalue weighted by Crippen LogP contribution is -2.08. The van der Waals surface area contributed by atoms with Crippen LogP contribution in [-0.2, 0) is 4.74 Å². The van der Waals surface area contributed by atoms with E-state index in [0.29, 0.717) is 5.02 Å². The first-order chi connectivity index (χ1) is 9.86. The highest BCUT2D eigenvalue weighted by molar-refractivity contribution is 6.35. The van der Waals surface area contributed by atoms with Gasteiger partial charge in [-0.2, -0.15) is 0 Å². The van der Waals surface area contributed by atoms with Gasteiger partial charge in [0.2, 0.25) is 0 Å². The molecule has 0 radical (unpaired) electrons. The Kier molecular flexibility index (Phi) is 4.34. The van der Waals surface area contributed by atoms with Crippen molar-refractivity contribution in [1.29, 1.82) is 0 Å². The van der Waals surface area contributed by atoms with Crippen molar-refractivity contribution in [3.63, 3.8) is 0 Å². The van der Waals surface area contributed by atoms with Crippen LogP contribution in [0, 0.1) is 12.7 Å². The monoisotopic (exact) mass is 328 g/mol. The fourth-order valence-electron chi connectivity index (χ4n) is 1.78. The molecule has 21 heavy (non-hydrogen) atoms. The van der Waals surface area contributed by atoms with E-state index in [9.17, 15) is 9.18 Å². The normalized spacial score (nSPS) is 10.5. The first-order valence-electron chi connectivity index (χ1n) is 5.86. The number of pyridine rings is 1. The van der Waals surface area contributed by atoms with Gasteiger partial charge in [0.05, 0.1) is 23.5 Å². The summed E-state index contributed by atoms with van der Waals surface area (Å²) in [5.41, 5.74) is 6.31. The SMILES string of the molecule is COC(=O)c1nc(-c2ccc(Cl)c(C)c2F)cc(N)c1Cl. The van der Waals surface area contributed by atoms with E-state index in [4.69, 9.17) is 28.9 Å². The quantitative estimate of drug-likeness (QED) is 0.850. The summed E-state index contributed by atoms with van der Waals surface area (Å²) in [4.78, 5) is 15.7. The first kappa shape index (κ1) is 15.5. The second-order valence-corrected chi connectivity index (χ2v) is 5.07. The number of aromatic nitrogens is 1. The van der Waals surface area contributed by atoms with Crippen molar-refractivity contribution in [3.05, 3.63) is 45.3 Å². The highest BCUT2D eigenvalue weighted by Crippen LogP contribution is 2.32. The number of ether oxygens (including phenoxy) is 1. The van der Waals surface area contributed by atoms with Crippen molar-refractivity contribution in [3.8, 4) is 11.3 Å². The van der Waals surface area contributed by atoms with Gasteiger partial charge in [-0.1, -0.05) is 23.2 Å². The van der Waals surface area contributed by atoms with E-state index in [0.717, 1.165) is 0 Å². The molecular formula is C14H11Cl2FN2O2. The molecule has 4 nitrogen and oxygen atoms in total. The average molecular weight is 329 g/mol. The fraction of sp³-hybridized carbons (Fsp3) is 0.143. The second kappa shape index (κ2) is 5.87. The maximum atomic E-state index is 14.3. The molecule has 110 valence electrons. The molecule has 2 aromatic rings. The number of nitrogen functional groups attached to an aromatic ring is 1. The fourth-order valence-corrected chi connectivity index (χ4v) is 2.10. The average Bonchev–Trinajstić information content (AvgIpc) is 2.47. The number of nitrogens with zero attached hydrogens (tertiary/aromatic N) is 1. The van der Waals surface area contributed by atoms with E-state index in [1.165, 1.54) is 19.2 Å². The largest absolute Gasteiger partial charge is 0.464 e. The van der Waals surface area contributed by atoms with E-state index in [2.05, 4.69) is 9.72 Å². The minimum Gasteiger partial charge on any atom is -0.464 e. The van der Waals surface area contributed by atoms with Crippen molar-refractivity contribution < 1.29 is 13.9 Å². The van der Waals surface area contributed by atoms with Crippen LogP contribution in [0.25, 0.3) is 11.3 Å². The number of esters is 1. The molecule has 1 heterocycles. The third-order valence-corrected chi connectivity index (χ3v) is 3.77. The van der Waals surface area contributed by atoms with Gasteiger partial charge in [0.25, 0.3) is 0 Å². The van der Waals surface area contributed by atoms with Gasteiger partial charge in [0.1, 0.15) is 5.82 Å². The summed E-state index contributed by atoms with van der Waals surface area (Å²) in [5, 5.41) is 0.267. The summed E-state index contributed by atoms with van der Waals surface area (Å²) in [6, 6.07) is 4.39. The topological polar surface area (TPSA) is 65.2 Å². The predicted octanol–water partition coefficient (Wildman–Crippen LogP) is 3.87. The summed E-state index contributed by atoms with van der Waals surface area (Å²) in [6.07, 6.45) is 0. The number of carbonyl (C=O) groups is 1. The van der Waals surface area contributed by atoms with Gasteiger partial charge in [0, 0.05) is 16.1 Å². The Bertz CT molecular complexity index is 735. The summed E-state index contributed by atoms with van der Waals surface area (Å²) < 4.78 is 18.9. The van der Waals surface area contributed by atoms with Crippen LogP contribution < -0.4 is 5.73 Å². The van der Waals surface area contributed by atoms with E-state index in [1.54, 1.807) is 13.0 Å². The number of carbonyl (C=O) groups excluding carboxylic acids is 1. The molecule has 7 heteroatoms. The lowest BCUT2D eigenvalue weighted by atomic mass is 10.1. The molecule has 0 bridgehead atoms. The Balaban J connectivity index is 2.68. The van der Waals surface area contributed by atoms with Crippen LogP contribution in [0.3, 0.4) is 0 Å². The summed E-state index contributed by atoms with van der Waals surface area (Å²) in [6.45, 7) is 1.54. The van der Waals surface area contributed by atoms with E-state index in [1.807, 2.05) is 0 Å². The van der Waals surface area contributed by atoms with Gasteiger partial charge in [-0.3, -0.25) is 0 Å². The van der Waals surface area contributed by atoms with Crippen molar-refractivity contribution in [2.45, 2.75) is 6.92 Å². The summed E-state index contributed by atoms with van der Waals surface area (Å²) in [5.74, 6) is -1.29. The molecule has 2 rings (SSSR count). The number of anilines is 1. The minimum absolute atomic E-state index is 0.0308. The molecule has 0 aliphatic heterocycles. The highest BCUT2D eigenvalue weighted by Gasteiger charge is 2.19. The number of nitrogens with two attached hydrogens (primary N) is 1. The zero-order valence-corrected chi connectivity index (χ0v) is 12.7.